The Hall–Kier alpha value is -1.51. The predicted molar refractivity (Wildman–Crippen MR) is 88.7 cm³/mol. The van der Waals surface area contributed by atoms with Crippen molar-refractivity contribution in [1.82, 2.24) is 4.90 Å². The Morgan fingerprint density at radius 1 is 1.24 bits per heavy atom. The van der Waals surface area contributed by atoms with E-state index in [1.807, 2.05) is 18.2 Å². The molecule has 0 heterocycles. The monoisotopic (exact) mass is 288 g/mol. The van der Waals surface area contributed by atoms with Gasteiger partial charge >= 0.3 is 0 Å². The summed E-state index contributed by atoms with van der Waals surface area (Å²) in [5.41, 5.74) is 2.28. The standard InChI is InChI=1S/C18H28N2O/c1-18(2)11-6-9-15(10-12-18)19-16-8-5-7-14(13-16)17(21)20(3)4/h5,7-8,13,15,19H,6,9-12H2,1-4H3. The molecule has 0 bridgehead atoms. The summed E-state index contributed by atoms with van der Waals surface area (Å²) < 4.78 is 0. The molecule has 2 rings (SSSR count). The van der Waals surface area contributed by atoms with Gasteiger partial charge in [0.1, 0.15) is 0 Å². The zero-order chi connectivity index (χ0) is 15.5. The fraction of sp³-hybridized carbons (Fsp3) is 0.611. The third kappa shape index (κ3) is 4.48. The van der Waals surface area contributed by atoms with Gasteiger partial charge < -0.3 is 10.2 Å². The predicted octanol–water partition coefficient (Wildman–Crippen LogP) is 4.16. The van der Waals surface area contributed by atoms with Crippen LogP contribution in [-0.4, -0.2) is 30.9 Å². The molecule has 1 unspecified atom stereocenters. The van der Waals surface area contributed by atoms with Crippen LogP contribution in [0.3, 0.4) is 0 Å². The number of hydrogen-bond acceptors (Lipinski definition) is 2. The second-order valence-electron chi connectivity index (χ2n) is 7.22. The maximum atomic E-state index is 12.0. The summed E-state index contributed by atoms with van der Waals surface area (Å²) in [6.45, 7) is 4.73. The molecule has 116 valence electrons. The van der Waals surface area contributed by atoms with E-state index >= 15 is 0 Å². The van der Waals surface area contributed by atoms with Gasteiger partial charge in [-0.05, 0) is 49.3 Å². The van der Waals surface area contributed by atoms with Crippen molar-refractivity contribution in [1.29, 1.82) is 0 Å². The first kappa shape index (κ1) is 15.9. The lowest BCUT2D eigenvalue weighted by Gasteiger charge is -2.22. The quantitative estimate of drug-likeness (QED) is 0.847. The summed E-state index contributed by atoms with van der Waals surface area (Å²) in [5.74, 6) is 0.0562. The van der Waals surface area contributed by atoms with Crippen LogP contribution in [0.25, 0.3) is 0 Å². The van der Waals surface area contributed by atoms with E-state index in [0.29, 0.717) is 11.5 Å². The summed E-state index contributed by atoms with van der Waals surface area (Å²) in [7, 11) is 3.58. The molecule has 3 nitrogen and oxygen atoms in total. The summed E-state index contributed by atoms with van der Waals surface area (Å²) >= 11 is 0. The number of nitrogens with zero attached hydrogens (tertiary/aromatic N) is 1. The van der Waals surface area contributed by atoms with Crippen LogP contribution in [-0.2, 0) is 0 Å². The highest BCUT2D eigenvalue weighted by Gasteiger charge is 2.24. The van der Waals surface area contributed by atoms with E-state index in [4.69, 9.17) is 0 Å². The molecule has 1 N–H and O–H groups in total. The number of nitrogens with one attached hydrogen (secondary N) is 1. The van der Waals surface area contributed by atoms with Crippen LogP contribution in [0.5, 0.6) is 0 Å². The molecular weight excluding hydrogens is 260 g/mol. The van der Waals surface area contributed by atoms with Gasteiger partial charge in [-0.2, -0.15) is 0 Å². The molecule has 1 fully saturated rings. The average Bonchev–Trinajstić information content (AvgIpc) is 2.59. The molecule has 1 aliphatic rings. The van der Waals surface area contributed by atoms with Gasteiger partial charge in [-0.15, -0.1) is 0 Å². The third-order valence-electron chi connectivity index (χ3n) is 4.46. The Morgan fingerprint density at radius 3 is 2.71 bits per heavy atom. The number of amides is 1. The zero-order valence-electron chi connectivity index (χ0n) is 13.8. The number of benzene rings is 1. The lowest BCUT2D eigenvalue weighted by molar-refractivity contribution is 0.0827. The smallest absolute Gasteiger partial charge is 0.253 e. The Morgan fingerprint density at radius 2 is 2.00 bits per heavy atom. The molecule has 1 aliphatic carbocycles. The molecule has 21 heavy (non-hydrogen) atoms. The molecule has 0 radical (unpaired) electrons. The lowest BCUT2D eigenvalue weighted by Crippen LogP contribution is -2.22. The van der Waals surface area contributed by atoms with Crippen molar-refractivity contribution in [3.63, 3.8) is 0 Å². The van der Waals surface area contributed by atoms with Crippen molar-refractivity contribution < 1.29 is 4.79 Å². The van der Waals surface area contributed by atoms with Gasteiger partial charge in [0.2, 0.25) is 0 Å². The zero-order valence-corrected chi connectivity index (χ0v) is 13.8. The van der Waals surface area contributed by atoms with E-state index in [2.05, 4.69) is 25.2 Å². The van der Waals surface area contributed by atoms with E-state index in [1.54, 1.807) is 19.0 Å². The minimum Gasteiger partial charge on any atom is -0.382 e. The van der Waals surface area contributed by atoms with Crippen molar-refractivity contribution in [3.05, 3.63) is 29.8 Å². The van der Waals surface area contributed by atoms with Crippen molar-refractivity contribution in [3.8, 4) is 0 Å². The van der Waals surface area contributed by atoms with Gasteiger partial charge in [0, 0.05) is 31.4 Å². The number of hydrogen-bond donors (Lipinski definition) is 1. The summed E-state index contributed by atoms with van der Waals surface area (Å²) in [6, 6.07) is 8.39. The molecule has 3 heteroatoms. The highest BCUT2D eigenvalue weighted by molar-refractivity contribution is 5.94. The minimum atomic E-state index is 0.0562. The Bertz CT molecular complexity index is 494. The van der Waals surface area contributed by atoms with E-state index in [9.17, 15) is 4.79 Å². The van der Waals surface area contributed by atoms with E-state index in [0.717, 1.165) is 11.3 Å². The van der Waals surface area contributed by atoms with Crippen LogP contribution in [0.1, 0.15) is 56.3 Å². The topological polar surface area (TPSA) is 32.3 Å². The Kier molecular flexibility index (Phi) is 4.92. The molecule has 1 amide bonds. The third-order valence-corrected chi connectivity index (χ3v) is 4.46. The first-order valence-electron chi connectivity index (χ1n) is 7.96. The van der Waals surface area contributed by atoms with E-state index in [-0.39, 0.29) is 5.91 Å². The molecule has 1 saturated carbocycles. The van der Waals surface area contributed by atoms with Gasteiger partial charge in [0.15, 0.2) is 0 Å². The van der Waals surface area contributed by atoms with Crippen LogP contribution in [0.2, 0.25) is 0 Å². The Balaban J connectivity index is 2.03. The number of carbonyl (C=O) groups excluding carboxylic acids is 1. The minimum absolute atomic E-state index is 0.0562. The number of anilines is 1. The van der Waals surface area contributed by atoms with Crippen LogP contribution >= 0.6 is 0 Å². The maximum absolute atomic E-state index is 12.0. The summed E-state index contributed by atoms with van der Waals surface area (Å²) in [4.78, 5) is 13.6. The molecule has 0 spiro atoms. The number of rotatable bonds is 3. The van der Waals surface area contributed by atoms with Gasteiger partial charge in [0.25, 0.3) is 5.91 Å². The normalized spacial score (nSPS) is 21.4. The van der Waals surface area contributed by atoms with Crippen molar-refractivity contribution in [2.75, 3.05) is 19.4 Å². The van der Waals surface area contributed by atoms with Crippen molar-refractivity contribution >= 4 is 11.6 Å². The molecule has 1 aromatic carbocycles. The summed E-state index contributed by atoms with van der Waals surface area (Å²) in [5, 5.41) is 3.62. The van der Waals surface area contributed by atoms with Crippen LogP contribution < -0.4 is 5.32 Å². The van der Waals surface area contributed by atoms with E-state index < -0.39 is 0 Å². The SMILES string of the molecule is CN(C)C(=O)c1cccc(NC2CCCC(C)(C)CC2)c1. The highest BCUT2D eigenvalue weighted by Crippen LogP contribution is 2.34. The van der Waals surface area contributed by atoms with Gasteiger partial charge in [0.05, 0.1) is 0 Å². The maximum Gasteiger partial charge on any atom is 0.253 e. The second-order valence-corrected chi connectivity index (χ2v) is 7.22. The number of carbonyl (C=O) groups is 1. The average molecular weight is 288 g/mol. The van der Waals surface area contributed by atoms with Crippen LogP contribution in [0, 0.1) is 5.41 Å². The van der Waals surface area contributed by atoms with Gasteiger partial charge in [-0.1, -0.05) is 26.3 Å². The summed E-state index contributed by atoms with van der Waals surface area (Å²) in [6.07, 6.45) is 6.28. The van der Waals surface area contributed by atoms with E-state index in [1.165, 1.54) is 32.1 Å². The van der Waals surface area contributed by atoms with Gasteiger partial charge in [-0.3, -0.25) is 4.79 Å². The lowest BCUT2D eigenvalue weighted by atomic mass is 9.85. The largest absolute Gasteiger partial charge is 0.382 e. The van der Waals surface area contributed by atoms with Gasteiger partial charge in [-0.25, -0.2) is 0 Å². The molecule has 0 aromatic heterocycles. The molecule has 0 saturated heterocycles. The molecule has 0 aliphatic heterocycles. The van der Waals surface area contributed by atoms with Crippen molar-refractivity contribution in [2.45, 2.75) is 52.0 Å². The fourth-order valence-corrected chi connectivity index (χ4v) is 3.04. The van der Waals surface area contributed by atoms with Crippen molar-refractivity contribution in [2.24, 2.45) is 5.41 Å². The van der Waals surface area contributed by atoms with Crippen LogP contribution in [0.4, 0.5) is 5.69 Å². The molecule has 1 atom stereocenters. The highest BCUT2D eigenvalue weighted by atomic mass is 16.2. The van der Waals surface area contributed by atoms with Crippen LogP contribution in [0.15, 0.2) is 24.3 Å². The first-order valence-corrected chi connectivity index (χ1v) is 7.96. The fourth-order valence-electron chi connectivity index (χ4n) is 3.04. The Labute approximate surface area is 128 Å². The molecular formula is C18H28N2O. The second kappa shape index (κ2) is 6.50. The first-order chi connectivity index (χ1) is 9.87. The molecule has 1 aromatic rings.